The highest BCUT2D eigenvalue weighted by atomic mass is 79.9. The molecule has 0 aliphatic carbocycles. The van der Waals surface area contributed by atoms with Gasteiger partial charge in [-0.1, -0.05) is 13.0 Å². The first-order valence-electron chi connectivity index (χ1n) is 5.94. The van der Waals surface area contributed by atoms with E-state index in [-0.39, 0.29) is 0 Å². The largest absolute Gasteiger partial charge is 0.384 e. The molecule has 0 aliphatic heterocycles. The van der Waals surface area contributed by atoms with Gasteiger partial charge in [0.05, 0.1) is 5.69 Å². The molecule has 0 saturated heterocycles. The summed E-state index contributed by atoms with van der Waals surface area (Å²) in [5.74, 6) is 1.93. The van der Waals surface area contributed by atoms with Crippen LogP contribution < -0.4 is 11.1 Å². The first kappa shape index (κ1) is 14.3. The Balaban J connectivity index is 2.33. The zero-order valence-corrected chi connectivity index (χ0v) is 13.6. The van der Waals surface area contributed by atoms with Crippen molar-refractivity contribution in [3.05, 3.63) is 39.0 Å². The highest BCUT2D eigenvalue weighted by Gasteiger charge is 2.07. The van der Waals surface area contributed by atoms with Crippen LogP contribution in [0.2, 0.25) is 0 Å². The minimum atomic E-state index is 0.476. The molecule has 1 heterocycles. The lowest BCUT2D eigenvalue weighted by Crippen LogP contribution is -2.04. The maximum absolute atomic E-state index is 5.80. The predicted molar refractivity (Wildman–Crippen MR) is 85.6 cm³/mol. The van der Waals surface area contributed by atoms with E-state index < -0.39 is 0 Å². The number of nitrogens with two attached hydrogens (primary N) is 1. The molecule has 1 aromatic carbocycles. The van der Waals surface area contributed by atoms with Gasteiger partial charge in [-0.3, -0.25) is 0 Å². The summed E-state index contributed by atoms with van der Waals surface area (Å²) < 4.78 is 1.91. The molecule has 0 aliphatic rings. The Morgan fingerprint density at radius 1 is 1.21 bits per heavy atom. The summed E-state index contributed by atoms with van der Waals surface area (Å²) >= 11 is 7.01. The van der Waals surface area contributed by atoms with Crippen LogP contribution in [0.25, 0.3) is 0 Å². The molecule has 0 fully saturated rings. The lowest BCUT2D eigenvalue weighted by atomic mass is 10.3. The molecule has 0 unspecified atom stereocenters. The Bertz CT molecular complexity index is 567. The maximum atomic E-state index is 5.80. The van der Waals surface area contributed by atoms with E-state index in [0.717, 1.165) is 33.3 Å². The van der Waals surface area contributed by atoms with Gasteiger partial charge in [0.2, 0.25) is 0 Å². The van der Waals surface area contributed by atoms with Crippen molar-refractivity contribution in [2.45, 2.75) is 19.8 Å². The van der Waals surface area contributed by atoms with E-state index in [0.29, 0.717) is 11.6 Å². The number of rotatable bonds is 4. The minimum Gasteiger partial charge on any atom is -0.384 e. The molecule has 0 saturated carbocycles. The molecule has 6 heteroatoms. The van der Waals surface area contributed by atoms with Gasteiger partial charge in [0.15, 0.2) is 0 Å². The highest BCUT2D eigenvalue weighted by Crippen LogP contribution is 2.32. The standard InChI is InChI=1S/C13H14Br2N4/c1-2-4-11-17-10(16)7-12(18-11)19-13-8(14)5-3-6-9(13)15/h3,5-7H,2,4H2,1H3,(H3,16,17,18,19). The lowest BCUT2D eigenvalue weighted by molar-refractivity contribution is 0.839. The number of benzene rings is 1. The average molecular weight is 386 g/mol. The van der Waals surface area contributed by atoms with Gasteiger partial charge < -0.3 is 11.1 Å². The molecule has 0 bridgehead atoms. The van der Waals surface area contributed by atoms with Crippen molar-refractivity contribution in [1.29, 1.82) is 0 Å². The summed E-state index contributed by atoms with van der Waals surface area (Å²) in [6.07, 6.45) is 1.80. The van der Waals surface area contributed by atoms with Crippen molar-refractivity contribution in [1.82, 2.24) is 9.97 Å². The zero-order chi connectivity index (χ0) is 13.8. The zero-order valence-electron chi connectivity index (χ0n) is 10.5. The first-order chi connectivity index (χ1) is 9.10. The van der Waals surface area contributed by atoms with Crippen molar-refractivity contribution in [3.63, 3.8) is 0 Å². The maximum Gasteiger partial charge on any atom is 0.136 e. The van der Waals surface area contributed by atoms with Crippen molar-refractivity contribution in [2.75, 3.05) is 11.1 Å². The van der Waals surface area contributed by atoms with E-state index in [1.807, 2.05) is 18.2 Å². The molecule has 2 aromatic rings. The van der Waals surface area contributed by atoms with E-state index in [1.54, 1.807) is 6.07 Å². The van der Waals surface area contributed by atoms with Gasteiger partial charge >= 0.3 is 0 Å². The molecule has 19 heavy (non-hydrogen) atoms. The summed E-state index contributed by atoms with van der Waals surface area (Å²) in [5, 5.41) is 3.26. The summed E-state index contributed by atoms with van der Waals surface area (Å²) in [5.41, 5.74) is 6.72. The second-order valence-electron chi connectivity index (χ2n) is 4.07. The molecular formula is C13H14Br2N4. The molecule has 2 rings (SSSR count). The molecule has 0 atom stereocenters. The number of halogens is 2. The number of para-hydroxylation sites is 1. The predicted octanol–water partition coefficient (Wildman–Crippen LogP) is 4.28. The fourth-order valence-corrected chi connectivity index (χ4v) is 2.86. The van der Waals surface area contributed by atoms with Crippen LogP contribution in [0.3, 0.4) is 0 Å². The number of nitrogen functional groups attached to an aromatic ring is 1. The molecule has 4 nitrogen and oxygen atoms in total. The SMILES string of the molecule is CCCc1nc(N)cc(Nc2c(Br)cccc2Br)n1. The number of nitrogens with zero attached hydrogens (tertiary/aromatic N) is 2. The fourth-order valence-electron chi connectivity index (χ4n) is 1.66. The van der Waals surface area contributed by atoms with E-state index in [2.05, 4.69) is 54.1 Å². The Morgan fingerprint density at radius 2 is 1.89 bits per heavy atom. The molecule has 0 amide bonds. The third-order valence-corrected chi connectivity index (χ3v) is 3.80. The number of hydrogen-bond acceptors (Lipinski definition) is 4. The summed E-state index contributed by atoms with van der Waals surface area (Å²) in [4.78, 5) is 8.67. The van der Waals surface area contributed by atoms with Gasteiger partial charge in [-0.05, 0) is 50.4 Å². The van der Waals surface area contributed by atoms with Crippen molar-refractivity contribution in [2.24, 2.45) is 0 Å². The average Bonchev–Trinajstić information content (AvgIpc) is 2.34. The van der Waals surface area contributed by atoms with Crippen LogP contribution in [0, 0.1) is 0 Å². The highest BCUT2D eigenvalue weighted by molar-refractivity contribution is 9.11. The third kappa shape index (κ3) is 3.67. The Labute approximate surface area is 129 Å². The lowest BCUT2D eigenvalue weighted by Gasteiger charge is -2.11. The van der Waals surface area contributed by atoms with Crippen LogP contribution in [0.1, 0.15) is 19.2 Å². The minimum absolute atomic E-state index is 0.476. The van der Waals surface area contributed by atoms with Crippen molar-refractivity contribution in [3.8, 4) is 0 Å². The van der Waals surface area contributed by atoms with Crippen LogP contribution in [0.4, 0.5) is 17.3 Å². The number of aromatic nitrogens is 2. The molecule has 1 aromatic heterocycles. The Morgan fingerprint density at radius 3 is 2.53 bits per heavy atom. The quantitative estimate of drug-likeness (QED) is 0.824. The van der Waals surface area contributed by atoms with Crippen LogP contribution in [0.5, 0.6) is 0 Å². The summed E-state index contributed by atoms with van der Waals surface area (Å²) in [6, 6.07) is 7.61. The fraction of sp³-hybridized carbons (Fsp3) is 0.231. The number of hydrogen-bond donors (Lipinski definition) is 2. The van der Waals surface area contributed by atoms with Gasteiger partial charge in [-0.25, -0.2) is 9.97 Å². The molecule has 0 radical (unpaired) electrons. The first-order valence-corrected chi connectivity index (χ1v) is 7.53. The molecular weight excluding hydrogens is 372 g/mol. The smallest absolute Gasteiger partial charge is 0.136 e. The van der Waals surface area contributed by atoms with E-state index in [1.165, 1.54) is 0 Å². The second kappa shape index (κ2) is 6.34. The van der Waals surface area contributed by atoms with E-state index in [4.69, 9.17) is 5.73 Å². The topological polar surface area (TPSA) is 63.8 Å². The Kier molecular flexibility index (Phi) is 4.76. The monoisotopic (exact) mass is 384 g/mol. The van der Waals surface area contributed by atoms with Crippen LogP contribution >= 0.6 is 31.9 Å². The van der Waals surface area contributed by atoms with Gasteiger partial charge in [-0.2, -0.15) is 0 Å². The summed E-state index contributed by atoms with van der Waals surface area (Å²) in [7, 11) is 0. The second-order valence-corrected chi connectivity index (χ2v) is 5.77. The van der Waals surface area contributed by atoms with E-state index in [9.17, 15) is 0 Å². The van der Waals surface area contributed by atoms with Crippen molar-refractivity contribution >= 4 is 49.2 Å². The van der Waals surface area contributed by atoms with Gasteiger partial charge in [0.25, 0.3) is 0 Å². The van der Waals surface area contributed by atoms with Crippen molar-refractivity contribution < 1.29 is 0 Å². The molecule has 3 N–H and O–H groups in total. The number of anilines is 3. The van der Waals surface area contributed by atoms with Gasteiger partial charge in [0, 0.05) is 21.4 Å². The molecule has 0 spiro atoms. The van der Waals surface area contributed by atoms with Gasteiger partial charge in [-0.15, -0.1) is 0 Å². The Hall–Kier alpha value is -1.14. The van der Waals surface area contributed by atoms with Gasteiger partial charge in [0.1, 0.15) is 17.5 Å². The van der Waals surface area contributed by atoms with Crippen LogP contribution in [-0.2, 0) is 6.42 Å². The number of nitrogens with one attached hydrogen (secondary N) is 1. The summed E-state index contributed by atoms with van der Waals surface area (Å²) in [6.45, 7) is 2.09. The van der Waals surface area contributed by atoms with Crippen LogP contribution in [0.15, 0.2) is 33.2 Å². The normalized spacial score (nSPS) is 10.5. The third-order valence-electron chi connectivity index (χ3n) is 2.48. The van der Waals surface area contributed by atoms with E-state index >= 15 is 0 Å². The number of aryl methyl sites for hydroxylation is 1. The molecule has 100 valence electrons. The van der Waals surface area contributed by atoms with Crippen LogP contribution in [-0.4, -0.2) is 9.97 Å².